The minimum absolute atomic E-state index is 0.0910. The molecule has 0 radical (unpaired) electrons. The molecule has 13 heavy (non-hydrogen) atoms. The van der Waals surface area contributed by atoms with Gasteiger partial charge in [0.15, 0.2) is 5.78 Å². The number of Topliss-reactive ketones (excluding diaryl/α,β-unsaturated/α-hetero) is 1. The lowest BCUT2D eigenvalue weighted by Gasteiger charge is -2.02. The van der Waals surface area contributed by atoms with E-state index in [1.165, 1.54) is 19.2 Å². The van der Waals surface area contributed by atoms with Crippen molar-refractivity contribution in [1.82, 2.24) is 4.98 Å². The Kier molecular flexibility index (Phi) is 2.43. The molecule has 0 bridgehead atoms. The molecule has 1 rings (SSSR count). The number of nitrogens with two attached hydrogens (primary N) is 1. The van der Waals surface area contributed by atoms with Gasteiger partial charge in [-0.25, -0.2) is 0 Å². The third-order valence-electron chi connectivity index (χ3n) is 1.67. The summed E-state index contributed by atoms with van der Waals surface area (Å²) in [6.45, 7) is 1.33. The van der Waals surface area contributed by atoms with Crippen LogP contribution in [-0.4, -0.2) is 15.7 Å². The minimum Gasteiger partial charge on any atom is -0.357 e. The Morgan fingerprint density at radius 1 is 1.77 bits per heavy atom. The van der Waals surface area contributed by atoms with E-state index in [0.29, 0.717) is 5.69 Å². The summed E-state index contributed by atoms with van der Waals surface area (Å²) in [6, 6.07) is 0.445. The number of rotatable bonds is 3. The van der Waals surface area contributed by atoms with Crippen LogP contribution in [0.5, 0.6) is 0 Å². The molecule has 0 aliphatic carbocycles. The van der Waals surface area contributed by atoms with Crippen molar-refractivity contribution in [3.05, 3.63) is 28.1 Å². The normalized spacial score (nSPS) is 12.5. The van der Waals surface area contributed by atoms with Crippen LogP contribution in [0.25, 0.3) is 0 Å². The number of aromatic nitrogens is 1. The maximum absolute atomic E-state index is 10.8. The molecule has 70 valence electrons. The number of carbonyl (C=O) groups is 1. The fraction of sp³-hybridized carbons (Fsp3) is 0.286. The Labute approximate surface area is 73.9 Å². The van der Waals surface area contributed by atoms with Crippen LogP contribution in [-0.2, 0) is 4.79 Å². The summed E-state index contributed by atoms with van der Waals surface area (Å²) in [4.78, 5) is 23.1. The Morgan fingerprint density at radius 2 is 2.38 bits per heavy atom. The Bertz CT molecular complexity index is 345. The average molecular weight is 183 g/mol. The van der Waals surface area contributed by atoms with Crippen molar-refractivity contribution in [2.75, 3.05) is 0 Å². The van der Waals surface area contributed by atoms with Crippen LogP contribution < -0.4 is 5.73 Å². The molecule has 3 N–H and O–H groups in total. The van der Waals surface area contributed by atoms with Crippen molar-refractivity contribution in [3.63, 3.8) is 0 Å². The summed E-state index contributed by atoms with van der Waals surface area (Å²) < 4.78 is 0. The summed E-state index contributed by atoms with van der Waals surface area (Å²) in [5.41, 5.74) is 5.72. The molecule has 0 spiro atoms. The lowest BCUT2D eigenvalue weighted by molar-refractivity contribution is -0.384. The first-order valence-corrected chi connectivity index (χ1v) is 3.61. The zero-order valence-corrected chi connectivity index (χ0v) is 6.98. The van der Waals surface area contributed by atoms with Crippen LogP contribution in [0.3, 0.4) is 0 Å². The van der Waals surface area contributed by atoms with Gasteiger partial charge < -0.3 is 10.7 Å². The van der Waals surface area contributed by atoms with Gasteiger partial charge in [0, 0.05) is 11.8 Å². The van der Waals surface area contributed by atoms with Crippen LogP contribution in [0.2, 0.25) is 0 Å². The smallest absolute Gasteiger partial charge is 0.287 e. The number of nitrogens with zero attached hydrogens (tertiary/aromatic N) is 1. The summed E-state index contributed by atoms with van der Waals surface area (Å²) in [7, 11) is 0. The highest BCUT2D eigenvalue weighted by Crippen LogP contribution is 2.16. The molecule has 1 aromatic heterocycles. The third-order valence-corrected chi connectivity index (χ3v) is 1.67. The van der Waals surface area contributed by atoms with Crippen LogP contribution in [0.4, 0.5) is 5.69 Å². The summed E-state index contributed by atoms with van der Waals surface area (Å²) >= 11 is 0. The van der Waals surface area contributed by atoms with E-state index < -0.39 is 11.0 Å². The summed E-state index contributed by atoms with van der Waals surface area (Å²) in [5, 5.41) is 10.3. The number of H-pyrrole nitrogens is 1. The molecule has 0 saturated carbocycles. The quantitative estimate of drug-likeness (QED) is 0.526. The second kappa shape index (κ2) is 3.36. The molecule has 0 fully saturated rings. The number of ketones is 1. The lowest BCUT2D eigenvalue weighted by atomic mass is 10.1. The van der Waals surface area contributed by atoms with Gasteiger partial charge in [-0.05, 0) is 6.92 Å². The number of nitro groups is 1. The zero-order valence-electron chi connectivity index (χ0n) is 6.98. The lowest BCUT2D eigenvalue weighted by Crippen LogP contribution is -2.18. The van der Waals surface area contributed by atoms with E-state index in [0.717, 1.165) is 0 Å². The van der Waals surface area contributed by atoms with Crippen molar-refractivity contribution in [2.45, 2.75) is 13.0 Å². The van der Waals surface area contributed by atoms with Gasteiger partial charge in [0.05, 0.1) is 11.1 Å². The SMILES string of the molecule is CC(=O)C(N)c1cc([N+](=O)[O-])c[nH]1. The molecule has 0 saturated heterocycles. The number of carbonyl (C=O) groups excluding carboxylic acids is 1. The van der Waals surface area contributed by atoms with Crippen molar-refractivity contribution in [1.29, 1.82) is 0 Å². The maximum Gasteiger partial charge on any atom is 0.287 e. The molecule has 1 unspecified atom stereocenters. The van der Waals surface area contributed by atoms with Gasteiger partial charge in [-0.1, -0.05) is 0 Å². The van der Waals surface area contributed by atoms with E-state index in [1.54, 1.807) is 0 Å². The van der Waals surface area contributed by atoms with E-state index in [-0.39, 0.29) is 11.5 Å². The Balaban J connectivity index is 2.91. The molecule has 0 aromatic carbocycles. The fourth-order valence-corrected chi connectivity index (χ4v) is 0.904. The highest BCUT2D eigenvalue weighted by atomic mass is 16.6. The molecule has 6 nitrogen and oxygen atoms in total. The Hall–Kier alpha value is -1.69. The molecule has 1 heterocycles. The number of hydrogen-bond donors (Lipinski definition) is 2. The van der Waals surface area contributed by atoms with Gasteiger partial charge in [-0.15, -0.1) is 0 Å². The first kappa shape index (κ1) is 9.40. The second-order valence-corrected chi connectivity index (χ2v) is 2.66. The average Bonchev–Trinajstić information content (AvgIpc) is 2.50. The third kappa shape index (κ3) is 1.91. The van der Waals surface area contributed by atoms with Crippen molar-refractivity contribution < 1.29 is 9.72 Å². The van der Waals surface area contributed by atoms with Crippen molar-refractivity contribution in [2.24, 2.45) is 5.73 Å². The molecule has 6 heteroatoms. The van der Waals surface area contributed by atoms with Crippen LogP contribution in [0, 0.1) is 10.1 Å². The van der Waals surface area contributed by atoms with E-state index in [4.69, 9.17) is 5.73 Å². The number of hydrogen-bond acceptors (Lipinski definition) is 4. The molecule has 0 amide bonds. The largest absolute Gasteiger partial charge is 0.357 e. The number of aromatic amines is 1. The van der Waals surface area contributed by atoms with Gasteiger partial charge in [-0.3, -0.25) is 14.9 Å². The standard InChI is InChI=1S/C7H9N3O3/c1-4(11)7(8)6-2-5(3-9-6)10(12)13/h2-3,7,9H,8H2,1H3. The zero-order chi connectivity index (χ0) is 10.0. The maximum atomic E-state index is 10.8. The van der Waals surface area contributed by atoms with E-state index in [2.05, 4.69) is 4.98 Å². The first-order chi connectivity index (χ1) is 6.02. The molecule has 0 aliphatic rings. The van der Waals surface area contributed by atoms with Crippen LogP contribution in [0.1, 0.15) is 18.7 Å². The molecule has 0 aliphatic heterocycles. The highest BCUT2D eigenvalue weighted by molar-refractivity contribution is 5.82. The molecule has 1 atom stereocenters. The predicted octanol–water partition coefficient (Wildman–Crippen LogP) is 0.512. The monoisotopic (exact) mass is 183 g/mol. The van der Waals surface area contributed by atoms with E-state index in [1.807, 2.05) is 0 Å². The predicted molar refractivity (Wildman–Crippen MR) is 45.1 cm³/mol. The van der Waals surface area contributed by atoms with Crippen LogP contribution >= 0.6 is 0 Å². The van der Waals surface area contributed by atoms with Gasteiger partial charge in [-0.2, -0.15) is 0 Å². The first-order valence-electron chi connectivity index (χ1n) is 3.61. The van der Waals surface area contributed by atoms with Gasteiger partial charge in [0.25, 0.3) is 5.69 Å². The van der Waals surface area contributed by atoms with Gasteiger partial charge in [0.2, 0.25) is 0 Å². The van der Waals surface area contributed by atoms with Crippen molar-refractivity contribution in [3.8, 4) is 0 Å². The van der Waals surface area contributed by atoms with Crippen molar-refractivity contribution >= 4 is 11.5 Å². The topological polar surface area (TPSA) is 102 Å². The number of nitrogens with one attached hydrogen (secondary N) is 1. The second-order valence-electron chi connectivity index (χ2n) is 2.66. The summed E-state index contributed by atoms with van der Waals surface area (Å²) in [5.74, 6) is -0.239. The highest BCUT2D eigenvalue weighted by Gasteiger charge is 2.16. The molecule has 1 aromatic rings. The molecular weight excluding hydrogens is 174 g/mol. The van der Waals surface area contributed by atoms with Gasteiger partial charge >= 0.3 is 0 Å². The van der Waals surface area contributed by atoms with E-state index in [9.17, 15) is 14.9 Å². The van der Waals surface area contributed by atoms with Gasteiger partial charge in [0.1, 0.15) is 6.04 Å². The van der Waals surface area contributed by atoms with Crippen LogP contribution in [0.15, 0.2) is 12.3 Å². The minimum atomic E-state index is -0.811. The molecular formula is C7H9N3O3. The Morgan fingerprint density at radius 3 is 2.77 bits per heavy atom. The summed E-state index contributed by atoms with van der Waals surface area (Å²) in [6.07, 6.45) is 1.21. The fourth-order valence-electron chi connectivity index (χ4n) is 0.904. The van der Waals surface area contributed by atoms with E-state index >= 15 is 0 Å².